The molecule has 2 N–H and O–H groups in total. The Labute approximate surface area is 103 Å². The lowest BCUT2D eigenvalue weighted by Crippen LogP contribution is -2.14. The molecule has 0 atom stereocenters. The maximum Gasteiger partial charge on any atom is 0.211 e. The second-order valence-electron chi connectivity index (χ2n) is 3.35. The molecule has 96 valence electrons. The minimum atomic E-state index is 0.0375. The number of aliphatic hydroxyl groups excluding tert-OH is 1. The number of nitrogens with zero attached hydrogens (tertiary/aromatic N) is 3. The molecule has 0 saturated carbocycles. The zero-order valence-electron chi connectivity index (χ0n) is 11.5. The highest BCUT2D eigenvalue weighted by Gasteiger charge is 2.13. The minimum Gasteiger partial charge on any atom is -0.493 e. The topological polar surface area (TPSA) is 63.0 Å². The number of hydrogen-bond acceptors (Lipinski definition) is 4. The van der Waals surface area contributed by atoms with E-state index in [0.717, 1.165) is 5.57 Å². The molecule has 0 radical (unpaired) electrons. The molecule has 1 aromatic heterocycles. The van der Waals surface area contributed by atoms with E-state index in [1.807, 2.05) is 20.8 Å². The fraction of sp³-hybridized carbons (Fsp3) is 0.500. The third-order valence-electron chi connectivity index (χ3n) is 1.95. The van der Waals surface area contributed by atoms with Crippen LogP contribution in [0.1, 0.15) is 32.4 Å². The van der Waals surface area contributed by atoms with Gasteiger partial charge in [-0.1, -0.05) is 20.4 Å². The second-order valence-corrected chi connectivity index (χ2v) is 3.35. The van der Waals surface area contributed by atoms with Crippen LogP contribution in [0, 0.1) is 13.8 Å². The molecule has 0 aromatic carbocycles. The van der Waals surface area contributed by atoms with Crippen molar-refractivity contribution < 1.29 is 5.11 Å². The molecule has 1 rings (SSSR count). The summed E-state index contributed by atoms with van der Waals surface area (Å²) in [6.45, 7) is 13.2. The van der Waals surface area contributed by atoms with Crippen LogP contribution in [0.15, 0.2) is 18.0 Å². The van der Waals surface area contributed by atoms with Crippen LogP contribution >= 0.6 is 0 Å². The van der Waals surface area contributed by atoms with E-state index in [1.54, 1.807) is 25.6 Å². The van der Waals surface area contributed by atoms with Crippen molar-refractivity contribution in [2.75, 3.05) is 7.05 Å². The Hall–Kier alpha value is -1.78. The van der Waals surface area contributed by atoms with E-state index in [4.69, 9.17) is 0 Å². The Morgan fingerprint density at radius 3 is 2.18 bits per heavy atom. The Kier molecular flexibility index (Phi) is 6.02. The molecular weight excluding hydrogens is 216 g/mol. The van der Waals surface area contributed by atoms with Gasteiger partial charge in [0.1, 0.15) is 17.3 Å². The van der Waals surface area contributed by atoms with Crippen LogP contribution in [-0.4, -0.2) is 26.9 Å². The summed E-state index contributed by atoms with van der Waals surface area (Å²) in [5.41, 5.74) is 1.26. The van der Waals surface area contributed by atoms with Crippen molar-refractivity contribution in [2.45, 2.75) is 34.6 Å². The Bertz CT molecular complexity index is 418. The van der Waals surface area contributed by atoms with Crippen LogP contribution in [-0.2, 0) is 0 Å². The van der Waals surface area contributed by atoms with Gasteiger partial charge in [0, 0.05) is 7.05 Å². The molecule has 0 aliphatic rings. The third-order valence-corrected chi connectivity index (χ3v) is 1.95. The van der Waals surface area contributed by atoms with E-state index >= 15 is 0 Å². The first kappa shape index (κ1) is 15.2. The summed E-state index contributed by atoms with van der Waals surface area (Å²) >= 11 is 0. The normalized spacial score (nSPS) is 11.2. The van der Waals surface area contributed by atoms with Gasteiger partial charge in [-0.25, -0.2) is 9.67 Å². The van der Waals surface area contributed by atoms with E-state index < -0.39 is 0 Å². The van der Waals surface area contributed by atoms with Crippen molar-refractivity contribution in [3.8, 4) is 0 Å². The number of rotatable bonds is 3. The zero-order valence-corrected chi connectivity index (χ0v) is 11.5. The molecule has 1 heterocycles. The SMILES string of the molecule is C=C(C)/C(=C(/O)NC)n1nc(C)nc1C.CC. The van der Waals surface area contributed by atoms with E-state index in [-0.39, 0.29) is 5.88 Å². The van der Waals surface area contributed by atoms with Crippen molar-refractivity contribution in [2.24, 2.45) is 0 Å². The molecule has 5 heteroatoms. The molecule has 0 unspecified atom stereocenters. The van der Waals surface area contributed by atoms with Crippen LogP contribution in [0.3, 0.4) is 0 Å². The smallest absolute Gasteiger partial charge is 0.211 e. The van der Waals surface area contributed by atoms with E-state index in [1.165, 1.54) is 0 Å². The lowest BCUT2D eigenvalue weighted by atomic mass is 10.2. The fourth-order valence-corrected chi connectivity index (χ4v) is 1.33. The van der Waals surface area contributed by atoms with Crippen LogP contribution in [0.4, 0.5) is 0 Å². The number of nitrogens with one attached hydrogen (secondary N) is 1. The largest absolute Gasteiger partial charge is 0.493 e. The van der Waals surface area contributed by atoms with Crippen molar-refractivity contribution in [1.82, 2.24) is 20.1 Å². The molecule has 0 aliphatic carbocycles. The summed E-state index contributed by atoms with van der Waals surface area (Å²) in [6.07, 6.45) is 0. The molecule has 0 amide bonds. The molecular formula is C12H22N4O. The minimum absolute atomic E-state index is 0.0375. The van der Waals surface area contributed by atoms with Gasteiger partial charge in [0.05, 0.1) is 0 Å². The van der Waals surface area contributed by atoms with Crippen molar-refractivity contribution in [3.63, 3.8) is 0 Å². The van der Waals surface area contributed by atoms with Crippen molar-refractivity contribution in [3.05, 3.63) is 29.7 Å². The van der Waals surface area contributed by atoms with Gasteiger partial charge in [0.25, 0.3) is 0 Å². The van der Waals surface area contributed by atoms with Crippen LogP contribution < -0.4 is 5.32 Å². The Morgan fingerprint density at radius 2 is 1.88 bits per heavy atom. The number of aromatic nitrogens is 3. The first-order chi connectivity index (χ1) is 7.97. The van der Waals surface area contributed by atoms with Gasteiger partial charge in [0.15, 0.2) is 0 Å². The number of aliphatic hydroxyl groups is 1. The number of hydrogen-bond donors (Lipinski definition) is 2. The molecule has 0 bridgehead atoms. The standard InChI is InChI=1S/C10H16N4O.C2H6/c1-6(2)9(10(15)11-5)14-8(4)12-7(3)13-14;1-2/h11,15H,1H2,2-5H3;1-2H3/b10-9-;. The van der Waals surface area contributed by atoms with Crippen molar-refractivity contribution in [1.29, 1.82) is 0 Å². The predicted octanol–water partition coefficient (Wildman–Crippen LogP) is 2.40. The van der Waals surface area contributed by atoms with Gasteiger partial charge in [0.2, 0.25) is 5.88 Å². The van der Waals surface area contributed by atoms with Crippen molar-refractivity contribution >= 4 is 5.70 Å². The summed E-state index contributed by atoms with van der Waals surface area (Å²) in [4.78, 5) is 4.17. The van der Waals surface area contributed by atoms with Gasteiger partial charge in [-0.3, -0.25) is 0 Å². The Balaban J connectivity index is 0.00000121. The van der Waals surface area contributed by atoms with E-state index in [2.05, 4.69) is 22.0 Å². The number of allylic oxidation sites excluding steroid dienone is 2. The predicted molar refractivity (Wildman–Crippen MR) is 70.6 cm³/mol. The maximum absolute atomic E-state index is 9.69. The molecule has 17 heavy (non-hydrogen) atoms. The van der Waals surface area contributed by atoms with Gasteiger partial charge in [-0.15, -0.1) is 0 Å². The molecule has 5 nitrogen and oxygen atoms in total. The molecule has 0 saturated heterocycles. The first-order valence-electron chi connectivity index (χ1n) is 5.65. The molecule has 0 aliphatic heterocycles. The number of aryl methyl sites for hydroxylation is 2. The van der Waals surface area contributed by atoms with Crippen LogP contribution in [0.2, 0.25) is 0 Å². The van der Waals surface area contributed by atoms with Crippen LogP contribution in [0.25, 0.3) is 5.70 Å². The average Bonchev–Trinajstić information content (AvgIpc) is 2.60. The summed E-state index contributed by atoms with van der Waals surface area (Å²) in [6, 6.07) is 0. The van der Waals surface area contributed by atoms with E-state index in [9.17, 15) is 5.11 Å². The van der Waals surface area contributed by atoms with Crippen LogP contribution in [0.5, 0.6) is 0 Å². The fourth-order valence-electron chi connectivity index (χ4n) is 1.33. The van der Waals surface area contributed by atoms with Gasteiger partial charge < -0.3 is 10.4 Å². The monoisotopic (exact) mass is 238 g/mol. The van der Waals surface area contributed by atoms with Gasteiger partial charge in [-0.05, 0) is 26.3 Å². The quantitative estimate of drug-likeness (QED) is 0.627. The average molecular weight is 238 g/mol. The summed E-state index contributed by atoms with van der Waals surface area (Å²) in [7, 11) is 1.64. The first-order valence-corrected chi connectivity index (χ1v) is 5.65. The summed E-state index contributed by atoms with van der Waals surface area (Å²) in [5.74, 6) is 1.41. The van der Waals surface area contributed by atoms with Gasteiger partial charge in [-0.2, -0.15) is 5.10 Å². The molecule has 0 spiro atoms. The highest BCUT2D eigenvalue weighted by atomic mass is 16.3. The van der Waals surface area contributed by atoms with E-state index in [0.29, 0.717) is 17.3 Å². The second kappa shape index (κ2) is 6.73. The lowest BCUT2D eigenvalue weighted by Gasteiger charge is -2.10. The third kappa shape index (κ3) is 3.62. The molecule has 1 aromatic rings. The maximum atomic E-state index is 9.69. The summed E-state index contributed by atoms with van der Waals surface area (Å²) < 4.78 is 1.57. The lowest BCUT2D eigenvalue weighted by molar-refractivity contribution is 0.375. The highest BCUT2D eigenvalue weighted by molar-refractivity contribution is 5.63. The molecule has 0 fully saturated rings. The summed E-state index contributed by atoms with van der Waals surface area (Å²) in [5, 5.41) is 16.5. The highest BCUT2D eigenvalue weighted by Crippen LogP contribution is 2.17. The Morgan fingerprint density at radius 1 is 1.35 bits per heavy atom. The zero-order chi connectivity index (χ0) is 13.6. The van der Waals surface area contributed by atoms with Gasteiger partial charge >= 0.3 is 0 Å².